The van der Waals surface area contributed by atoms with E-state index in [0.29, 0.717) is 13.1 Å². The smallest absolute Gasteiger partial charge is 0.248 e. The van der Waals surface area contributed by atoms with Crippen LogP contribution >= 0.6 is 0 Å². The molecule has 154 valence electrons. The van der Waals surface area contributed by atoms with Crippen LogP contribution in [0.5, 0.6) is 0 Å². The lowest BCUT2D eigenvalue weighted by molar-refractivity contribution is -0.137. The van der Waals surface area contributed by atoms with Crippen molar-refractivity contribution in [3.63, 3.8) is 0 Å². The van der Waals surface area contributed by atoms with Gasteiger partial charge in [0.25, 0.3) is 0 Å². The molecular formula is C21H32N4O3. The molecule has 0 radical (unpaired) electrons. The Balaban J connectivity index is 1.66. The molecule has 2 amide bonds. The van der Waals surface area contributed by atoms with Gasteiger partial charge in [0.15, 0.2) is 0 Å². The van der Waals surface area contributed by atoms with Crippen molar-refractivity contribution in [1.82, 2.24) is 14.8 Å². The average molecular weight is 389 g/mol. The number of aryl methyl sites for hydroxylation is 1. The normalized spacial score (nSPS) is 20.2. The van der Waals surface area contributed by atoms with Crippen LogP contribution in [0.3, 0.4) is 0 Å². The summed E-state index contributed by atoms with van der Waals surface area (Å²) in [5, 5.41) is 0. The SMILES string of the molecule is CC(=O)N1CCC[C@@H]1c1cc(N2CCN(C(=O)COC(C)C)CC2)cc(C)n1. The van der Waals surface area contributed by atoms with E-state index in [1.54, 1.807) is 6.92 Å². The zero-order valence-electron chi connectivity index (χ0n) is 17.5. The van der Waals surface area contributed by atoms with Gasteiger partial charge in [-0.3, -0.25) is 14.6 Å². The van der Waals surface area contributed by atoms with Gasteiger partial charge in [-0.1, -0.05) is 0 Å². The molecule has 7 heteroatoms. The van der Waals surface area contributed by atoms with Crippen LogP contribution in [0.1, 0.15) is 51.0 Å². The van der Waals surface area contributed by atoms with Crippen LogP contribution in [-0.2, 0) is 14.3 Å². The van der Waals surface area contributed by atoms with Crippen molar-refractivity contribution in [3.05, 3.63) is 23.5 Å². The van der Waals surface area contributed by atoms with Crippen LogP contribution in [0.15, 0.2) is 12.1 Å². The number of aromatic nitrogens is 1. The molecule has 1 aromatic rings. The van der Waals surface area contributed by atoms with Gasteiger partial charge in [-0.2, -0.15) is 0 Å². The fourth-order valence-corrected chi connectivity index (χ4v) is 4.02. The molecule has 3 rings (SSSR count). The summed E-state index contributed by atoms with van der Waals surface area (Å²) >= 11 is 0. The summed E-state index contributed by atoms with van der Waals surface area (Å²) in [6.07, 6.45) is 2.05. The molecule has 2 aliphatic rings. The van der Waals surface area contributed by atoms with E-state index >= 15 is 0 Å². The summed E-state index contributed by atoms with van der Waals surface area (Å²) in [5.41, 5.74) is 3.07. The molecule has 7 nitrogen and oxygen atoms in total. The second-order valence-corrected chi connectivity index (χ2v) is 7.99. The zero-order chi connectivity index (χ0) is 20.3. The molecule has 0 aromatic carbocycles. The Morgan fingerprint density at radius 1 is 1.18 bits per heavy atom. The average Bonchev–Trinajstić information content (AvgIpc) is 3.16. The molecule has 1 aromatic heterocycles. The highest BCUT2D eigenvalue weighted by atomic mass is 16.5. The number of pyridine rings is 1. The maximum absolute atomic E-state index is 12.3. The van der Waals surface area contributed by atoms with Gasteiger partial charge in [-0.25, -0.2) is 0 Å². The van der Waals surface area contributed by atoms with E-state index in [0.717, 1.165) is 49.6 Å². The Labute approximate surface area is 167 Å². The number of anilines is 1. The number of nitrogens with zero attached hydrogens (tertiary/aromatic N) is 4. The Hall–Kier alpha value is -2.15. The second-order valence-electron chi connectivity index (χ2n) is 7.99. The number of rotatable bonds is 5. The molecule has 2 aliphatic heterocycles. The summed E-state index contributed by atoms with van der Waals surface area (Å²) < 4.78 is 5.44. The maximum atomic E-state index is 12.3. The van der Waals surface area contributed by atoms with Crippen LogP contribution in [0.2, 0.25) is 0 Å². The highest BCUT2D eigenvalue weighted by molar-refractivity contribution is 5.78. The van der Waals surface area contributed by atoms with Crippen LogP contribution in [0, 0.1) is 6.92 Å². The quantitative estimate of drug-likeness (QED) is 0.773. The highest BCUT2D eigenvalue weighted by Gasteiger charge is 2.30. The Morgan fingerprint density at radius 2 is 1.89 bits per heavy atom. The summed E-state index contributed by atoms with van der Waals surface area (Å²) in [6.45, 7) is 11.4. The van der Waals surface area contributed by atoms with Gasteiger partial charge in [-0.05, 0) is 45.7 Å². The Bertz CT molecular complexity index is 714. The number of ether oxygens (including phenoxy) is 1. The van der Waals surface area contributed by atoms with Gasteiger partial charge in [-0.15, -0.1) is 0 Å². The van der Waals surface area contributed by atoms with Crippen molar-refractivity contribution in [2.45, 2.75) is 52.7 Å². The number of likely N-dealkylation sites (tertiary alicyclic amines) is 1. The molecule has 0 saturated carbocycles. The summed E-state index contributed by atoms with van der Waals surface area (Å²) in [7, 11) is 0. The highest BCUT2D eigenvalue weighted by Crippen LogP contribution is 2.33. The first-order valence-corrected chi connectivity index (χ1v) is 10.2. The molecule has 0 aliphatic carbocycles. The molecule has 3 heterocycles. The largest absolute Gasteiger partial charge is 0.369 e. The molecule has 1 atom stereocenters. The Kier molecular flexibility index (Phi) is 6.54. The van der Waals surface area contributed by atoms with E-state index in [4.69, 9.17) is 9.72 Å². The summed E-state index contributed by atoms with van der Waals surface area (Å²) in [6, 6.07) is 4.29. The first kappa shape index (κ1) is 20.6. The maximum Gasteiger partial charge on any atom is 0.248 e. The molecule has 28 heavy (non-hydrogen) atoms. The van der Waals surface area contributed by atoms with Gasteiger partial charge in [0.1, 0.15) is 6.61 Å². The lowest BCUT2D eigenvalue weighted by atomic mass is 10.1. The Morgan fingerprint density at radius 3 is 2.54 bits per heavy atom. The molecule has 2 saturated heterocycles. The van der Waals surface area contributed by atoms with E-state index in [-0.39, 0.29) is 30.6 Å². The van der Waals surface area contributed by atoms with Gasteiger partial charge in [0, 0.05) is 51.0 Å². The van der Waals surface area contributed by atoms with E-state index in [1.165, 1.54) is 0 Å². The third kappa shape index (κ3) is 4.82. The number of amides is 2. The van der Waals surface area contributed by atoms with Crippen molar-refractivity contribution in [2.24, 2.45) is 0 Å². The van der Waals surface area contributed by atoms with Crippen molar-refractivity contribution in [1.29, 1.82) is 0 Å². The number of carbonyl (C=O) groups is 2. The molecular weight excluding hydrogens is 356 g/mol. The fourth-order valence-electron chi connectivity index (χ4n) is 4.02. The zero-order valence-corrected chi connectivity index (χ0v) is 17.5. The minimum Gasteiger partial charge on any atom is -0.369 e. The number of piperazine rings is 1. The van der Waals surface area contributed by atoms with Crippen molar-refractivity contribution in [2.75, 3.05) is 44.2 Å². The predicted octanol–water partition coefficient (Wildman–Crippen LogP) is 2.15. The lowest BCUT2D eigenvalue weighted by Gasteiger charge is -2.36. The summed E-state index contributed by atoms with van der Waals surface area (Å²) in [4.78, 5) is 35.0. The molecule has 0 unspecified atom stereocenters. The van der Waals surface area contributed by atoms with Crippen LogP contribution in [0.25, 0.3) is 0 Å². The number of hydrogen-bond acceptors (Lipinski definition) is 5. The first-order chi connectivity index (χ1) is 13.3. The number of hydrogen-bond donors (Lipinski definition) is 0. The topological polar surface area (TPSA) is 66.0 Å². The van der Waals surface area contributed by atoms with Gasteiger partial charge in [0.05, 0.1) is 17.8 Å². The van der Waals surface area contributed by atoms with Crippen molar-refractivity contribution < 1.29 is 14.3 Å². The van der Waals surface area contributed by atoms with Crippen molar-refractivity contribution >= 4 is 17.5 Å². The third-order valence-electron chi connectivity index (χ3n) is 5.49. The second kappa shape index (κ2) is 8.90. The standard InChI is InChI=1S/C21H32N4O3/c1-15(2)28-14-21(27)24-10-8-23(9-11-24)18-12-16(3)22-19(13-18)20-6-5-7-25(20)17(4)26/h12-13,15,20H,5-11,14H2,1-4H3/t20-/m1/s1. The predicted molar refractivity (Wildman–Crippen MR) is 108 cm³/mol. The third-order valence-corrected chi connectivity index (χ3v) is 5.49. The molecule has 0 N–H and O–H groups in total. The first-order valence-electron chi connectivity index (χ1n) is 10.2. The van der Waals surface area contributed by atoms with Gasteiger partial charge in [0.2, 0.25) is 11.8 Å². The molecule has 2 fully saturated rings. The monoisotopic (exact) mass is 388 g/mol. The molecule has 0 bridgehead atoms. The van der Waals surface area contributed by atoms with Crippen LogP contribution in [-0.4, -0.2) is 72.0 Å². The minimum atomic E-state index is 0.0583. The minimum absolute atomic E-state index is 0.0583. The van der Waals surface area contributed by atoms with E-state index < -0.39 is 0 Å². The summed E-state index contributed by atoms with van der Waals surface area (Å²) in [5.74, 6) is 0.172. The number of carbonyl (C=O) groups excluding carboxylic acids is 2. The van der Waals surface area contributed by atoms with Gasteiger partial charge >= 0.3 is 0 Å². The van der Waals surface area contributed by atoms with Crippen LogP contribution < -0.4 is 4.90 Å². The lowest BCUT2D eigenvalue weighted by Crippen LogP contribution is -2.50. The fraction of sp³-hybridized carbons (Fsp3) is 0.667. The van der Waals surface area contributed by atoms with E-state index in [2.05, 4.69) is 17.0 Å². The molecule has 0 spiro atoms. The van der Waals surface area contributed by atoms with E-state index in [1.807, 2.05) is 30.6 Å². The van der Waals surface area contributed by atoms with Crippen molar-refractivity contribution in [3.8, 4) is 0 Å². The van der Waals surface area contributed by atoms with E-state index in [9.17, 15) is 9.59 Å². The van der Waals surface area contributed by atoms with Gasteiger partial charge < -0.3 is 19.4 Å². The van der Waals surface area contributed by atoms with Crippen LogP contribution in [0.4, 0.5) is 5.69 Å².